The molecule has 33 heavy (non-hydrogen) atoms. The monoisotopic (exact) mass is 768 g/mol. The molecule has 0 spiro atoms. The molecule has 162 valence electrons. The molecule has 0 amide bonds. The Bertz CT molecular complexity index is 854. The molecule has 0 saturated carbocycles. The van der Waals surface area contributed by atoms with Gasteiger partial charge in [0.2, 0.25) is 34.9 Å². The Morgan fingerprint density at radius 3 is 0.485 bits per heavy atom. The van der Waals surface area contributed by atoms with Gasteiger partial charge in [-0.25, -0.2) is 28.8 Å². The summed E-state index contributed by atoms with van der Waals surface area (Å²) in [6, 6.07) is 0. The Labute approximate surface area is 240 Å². The molecule has 0 atom stereocenters. The number of hydrogen-bond donors (Lipinski definition) is 6. The Morgan fingerprint density at radius 1 is 0.333 bits per heavy atom. The zero-order chi connectivity index (χ0) is 23.2. The molecule has 21 heteroatoms. The zero-order valence-electron chi connectivity index (χ0n) is 15.9. The molecule has 2 rings (SSSR count). The number of carboxylic acid groups (broad SMARTS) is 6. The summed E-state index contributed by atoms with van der Waals surface area (Å²) in [6.45, 7) is 0. The first-order valence-corrected chi connectivity index (χ1v) is 6.75. The first kappa shape index (κ1) is 35.2. The van der Waals surface area contributed by atoms with Crippen LogP contribution in [0, 0.1) is 0 Å². The van der Waals surface area contributed by atoms with Gasteiger partial charge in [0.15, 0.2) is 0 Å². The van der Waals surface area contributed by atoms with Gasteiger partial charge in [-0.15, -0.1) is 0 Å². The van der Waals surface area contributed by atoms with Gasteiger partial charge in [0.1, 0.15) is 0 Å². The van der Waals surface area contributed by atoms with E-state index >= 15 is 0 Å². The van der Waals surface area contributed by atoms with Gasteiger partial charge in [0.05, 0.1) is 0 Å². The van der Waals surface area contributed by atoms with Crippen molar-refractivity contribution in [2.75, 3.05) is 0 Å². The SMILES string of the molecule is O=C(O)c1nc(C(=O)O)nc(C(=O)O)n1.O=C(O)c1nc(C(=O)O)nc(C(=O)O)n1.[Cd].[Cd].[Cd]. The predicted molar refractivity (Wildman–Crippen MR) is 81.4 cm³/mol. The topological polar surface area (TPSA) is 301 Å². The number of aromatic nitrogens is 6. The van der Waals surface area contributed by atoms with Crippen molar-refractivity contribution in [1.29, 1.82) is 0 Å². The van der Waals surface area contributed by atoms with Crippen molar-refractivity contribution in [3.63, 3.8) is 0 Å². The summed E-state index contributed by atoms with van der Waals surface area (Å²) >= 11 is 0. The minimum absolute atomic E-state index is 0. The van der Waals surface area contributed by atoms with Crippen molar-refractivity contribution in [2.45, 2.75) is 0 Å². The van der Waals surface area contributed by atoms with Gasteiger partial charge in [-0.1, -0.05) is 0 Å². The van der Waals surface area contributed by atoms with Crippen molar-refractivity contribution in [1.82, 2.24) is 29.9 Å². The molecule has 0 fully saturated rings. The van der Waals surface area contributed by atoms with Crippen LogP contribution in [0.2, 0.25) is 0 Å². The molecule has 6 N–H and O–H groups in total. The summed E-state index contributed by atoms with van der Waals surface area (Å²) in [5.41, 5.74) is 0. The molecular formula is C12H6Cd3N6O12. The maximum absolute atomic E-state index is 10.4. The Kier molecular flexibility index (Phi) is 16.5. The number of hydrogen-bond acceptors (Lipinski definition) is 12. The smallest absolute Gasteiger partial charge is 0.374 e. The van der Waals surface area contributed by atoms with E-state index in [1.165, 1.54) is 0 Å². The van der Waals surface area contributed by atoms with Crippen LogP contribution < -0.4 is 0 Å². The van der Waals surface area contributed by atoms with Gasteiger partial charge in [-0.05, 0) is 0 Å². The normalized spacial score (nSPS) is 8.73. The van der Waals surface area contributed by atoms with E-state index in [1.807, 2.05) is 0 Å². The summed E-state index contributed by atoms with van der Waals surface area (Å²) in [5, 5.41) is 50.8. The maximum atomic E-state index is 10.4. The third-order valence-electron chi connectivity index (χ3n) is 2.42. The Balaban J connectivity index is -0.000000500. The molecule has 2 heterocycles. The molecule has 2 aromatic rings. The zero-order valence-corrected chi connectivity index (χ0v) is 28.0. The van der Waals surface area contributed by atoms with Crippen LogP contribution in [0.25, 0.3) is 0 Å². The van der Waals surface area contributed by atoms with E-state index in [9.17, 15) is 28.8 Å². The number of aromatic carboxylic acids is 6. The third-order valence-corrected chi connectivity index (χ3v) is 2.42. The van der Waals surface area contributed by atoms with Crippen molar-refractivity contribution >= 4 is 35.8 Å². The van der Waals surface area contributed by atoms with Crippen molar-refractivity contribution in [3.8, 4) is 0 Å². The van der Waals surface area contributed by atoms with Gasteiger partial charge in [0, 0.05) is 81.9 Å². The molecule has 0 aliphatic rings. The largest absolute Gasteiger partial charge is 0.475 e. The molecule has 0 radical (unpaired) electrons. The minimum atomic E-state index is -1.64. The van der Waals surface area contributed by atoms with Gasteiger partial charge in [-0.3, -0.25) is 0 Å². The van der Waals surface area contributed by atoms with E-state index < -0.39 is 70.8 Å². The van der Waals surface area contributed by atoms with Crippen molar-refractivity contribution < 1.29 is 141 Å². The van der Waals surface area contributed by atoms with E-state index in [1.54, 1.807) is 0 Å². The molecule has 18 nitrogen and oxygen atoms in total. The van der Waals surface area contributed by atoms with E-state index in [4.69, 9.17) is 30.6 Å². The minimum Gasteiger partial charge on any atom is -0.475 e. The van der Waals surface area contributed by atoms with E-state index in [0.717, 1.165) is 0 Å². The molecule has 0 bridgehead atoms. The average molecular weight is 763 g/mol. The van der Waals surface area contributed by atoms with Crippen molar-refractivity contribution in [2.24, 2.45) is 0 Å². The molecule has 0 aliphatic heterocycles. The van der Waals surface area contributed by atoms with E-state index in [0.29, 0.717) is 0 Å². The van der Waals surface area contributed by atoms with Crippen LogP contribution in [0.5, 0.6) is 0 Å². The summed E-state index contributed by atoms with van der Waals surface area (Å²) < 4.78 is 0. The fraction of sp³-hybridized carbons (Fsp3) is 0. The standard InChI is InChI=1S/2C6H3N3O6.3Cd/c2*10-4(11)1-7-2(5(12)13)9-3(8-1)6(14)15;;;/h2*(H,10,11)(H,12,13)(H,14,15);;;. The van der Waals surface area contributed by atoms with Crippen LogP contribution in [-0.2, 0) is 81.9 Å². The number of carboxylic acids is 6. The van der Waals surface area contributed by atoms with Gasteiger partial charge in [0.25, 0.3) is 0 Å². The summed E-state index contributed by atoms with van der Waals surface area (Å²) in [4.78, 5) is 80.7. The quantitative estimate of drug-likeness (QED) is 0.172. The second-order valence-electron chi connectivity index (χ2n) is 4.44. The Hall–Kier alpha value is -2.39. The van der Waals surface area contributed by atoms with E-state index in [2.05, 4.69) is 29.9 Å². The Morgan fingerprint density at radius 2 is 0.424 bits per heavy atom. The summed E-state index contributed by atoms with van der Waals surface area (Å²) in [7, 11) is 0. The number of rotatable bonds is 6. The number of carbonyl (C=O) groups is 6. The number of nitrogens with zero attached hydrogens (tertiary/aromatic N) is 6. The van der Waals surface area contributed by atoms with Gasteiger partial charge in [-0.2, -0.15) is 29.9 Å². The van der Waals surface area contributed by atoms with Crippen LogP contribution >= 0.6 is 0 Å². The van der Waals surface area contributed by atoms with Crippen LogP contribution in [0.1, 0.15) is 63.7 Å². The van der Waals surface area contributed by atoms with E-state index in [-0.39, 0.29) is 81.9 Å². The van der Waals surface area contributed by atoms with Gasteiger partial charge < -0.3 is 30.6 Å². The first-order chi connectivity index (χ1) is 13.8. The van der Waals surface area contributed by atoms with Gasteiger partial charge >= 0.3 is 35.8 Å². The fourth-order valence-corrected chi connectivity index (χ4v) is 1.33. The fourth-order valence-electron chi connectivity index (χ4n) is 1.33. The molecule has 0 unspecified atom stereocenters. The van der Waals surface area contributed by atoms with Crippen LogP contribution in [0.3, 0.4) is 0 Å². The maximum Gasteiger partial charge on any atom is 0.374 e. The van der Waals surface area contributed by atoms with Crippen molar-refractivity contribution in [3.05, 3.63) is 34.9 Å². The molecule has 0 saturated heterocycles. The molecule has 0 aromatic carbocycles. The summed E-state index contributed by atoms with van der Waals surface area (Å²) in [6.07, 6.45) is 0. The summed E-state index contributed by atoms with van der Waals surface area (Å²) in [5.74, 6) is -15.4. The second kappa shape index (κ2) is 15.4. The third kappa shape index (κ3) is 10.8. The van der Waals surface area contributed by atoms with Crippen LogP contribution in [0.4, 0.5) is 0 Å². The molecule has 0 aliphatic carbocycles. The first-order valence-electron chi connectivity index (χ1n) is 6.75. The average Bonchev–Trinajstić information content (AvgIpc) is 2.67. The molecular weight excluding hydrogens is 757 g/mol. The molecule has 2 aromatic heterocycles. The van der Waals surface area contributed by atoms with Crippen LogP contribution in [-0.4, -0.2) is 96.4 Å². The predicted octanol–water partition coefficient (Wildman–Crippen LogP) is -2.08. The second-order valence-corrected chi connectivity index (χ2v) is 4.44. The van der Waals surface area contributed by atoms with Crippen LogP contribution in [0.15, 0.2) is 0 Å².